The van der Waals surface area contributed by atoms with Crippen LogP contribution in [-0.2, 0) is 23.0 Å². The summed E-state index contributed by atoms with van der Waals surface area (Å²) in [6, 6.07) is 17.4. The van der Waals surface area contributed by atoms with Gasteiger partial charge in [-0.1, -0.05) is 47.5 Å². The van der Waals surface area contributed by atoms with Crippen molar-refractivity contribution in [2.45, 2.75) is 13.0 Å². The van der Waals surface area contributed by atoms with Crippen LogP contribution in [0.4, 0.5) is 10.1 Å². The summed E-state index contributed by atoms with van der Waals surface area (Å²) in [5.74, 6) is -0.551. The Morgan fingerprint density at radius 3 is 2.19 bits per heavy atom. The lowest BCUT2D eigenvalue weighted by atomic mass is 10.1. The van der Waals surface area contributed by atoms with Crippen molar-refractivity contribution in [1.82, 2.24) is 5.32 Å². The summed E-state index contributed by atoms with van der Waals surface area (Å²) in [5.41, 5.74) is 2.37. The van der Waals surface area contributed by atoms with Crippen molar-refractivity contribution in [3.8, 4) is 0 Å². The predicted molar refractivity (Wildman–Crippen MR) is 126 cm³/mol. The van der Waals surface area contributed by atoms with E-state index >= 15 is 0 Å². The number of sulfonamides is 1. The van der Waals surface area contributed by atoms with E-state index in [0.29, 0.717) is 34.8 Å². The lowest BCUT2D eigenvalue weighted by molar-refractivity contribution is 0.0954. The van der Waals surface area contributed by atoms with Crippen molar-refractivity contribution >= 4 is 44.8 Å². The first-order chi connectivity index (χ1) is 15.1. The molecule has 0 aliphatic carbocycles. The normalized spacial score (nSPS) is 11.2. The molecule has 1 amide bonds. The molecule has 5 nitrogen and oxygen atoms in total. The molecule has 0 bridgehead atoms. The number of carbonyl (C=O) groups is 1. The topological polar surface area (TPSA) is 66.5 Å². The van der Waals surface area contributed by atoms with Gasteiger partial charge in [-0.3, -0.25) is 9.10 Å². The maximum absolute atomic E-state index is 12.9. The summed E-state index contributed by atoms with van der Waals surface area (Å²) in [7, 11) is -3.62. The highest BCUT2D eigenvalue weighted by molar-refractivity contribution is 7.92. The highest BCUT2D eigenvalue weighted by atomic mass is 35.5. The monoisotopic (exact) mass is 494 g/mol. The van der Waals surface area contributed by atoms with Crippen LogP contribution in [0.3, 0.4) is 0 Å². The van der Waals surface area contributed by atoms with Crippen LogP contribution in [0.25, 0.3) is 0 Å². The van der Waals surface area contributed by atoms with Gasteiger partial charge >= 0.3 is 0 Å². The van der Waals surface area contributed by atoms with Gasteiger partial charge < -0.3 is 5.32 Å². The van der Waals surface area contributed by atoms with Crippen LogP contribution < -0.4 is 9.62 Å². The smallest absolute Gasteiger partial charge is 0.251 e. The Balaban J connectivity index is 1.65. The highest BCUT2D eigenvalue weighted by Gasteiger charge is 2.21. The van der Waals surface area contributed by atoms with E-state index in [1.165, 1.54) is 22.5 Å². The van der Waals surface area contributed by atoms with Crippen molar-refractivity contribution in [3.05, 3.63) is 99.3 Å². The average molecular weight is 495 g/mol. The van der Waals surface area contributed by atoms with Gasteiger partial charge in [-0.05, 0) is 60.0 Å². The van der Waals surface area contributed by atoms with Crippen LogP contribution in [-0.4, -0.2) is 27.1 Å². The summed E-state index contributed by atoms with van der Waals surface area (Å²) in [6.45, 7) is 0.454. The van der Waals surface area contributed by atoms with Gasteiger partial charge in [0.25, 0.3) is 5.91 Å². The van der Waals surface area contributed by atoms with Crippen LogP contribution in [0.1, 0.15) is 21.5 Å². The molecule has 0 atom stereocenters. The number of hydrogen-bond acceptors (Lipinski definition) is 3. The summed E-state index contributed by atoms with van der Waals surface area (Å²) >= 11 is 12.1. The minimum Gasteiger partial charge on any atom is -0.352 e. The highest BCUT2D eigenvalue weighted by Crippen LogP contribution is 2.31. The molecule has 0 unspecified atom stereocenters. The third-order valence-corrected chi connectivity index (χ3v) is 6.40. The van der Waals surface area contributed by atoms with Crippen LogP contribution in [0.5, 0.6) is 0 Å². The first-order valence-electron chi connectivity index (χ1n) is 9.68. The number of nitrogens with zero attached hydrogens (tertiary/aromatic N) is 1. The van der Waals surface area contributed by atoms with Gasteiger partial charge in [0.2, 0.25) is 10.0 Å². The molecule has 3 aromatic rings. The second kappa shape index (κ2) is 10.3. The third-order valence-electron chi connectivity index (χ3n) is 4.73. The molecule has 0 fully saturated rings. The molecule has 0 saturated carbocycles. The Morgan fingerprint density at radius 1 is 0.969 bits per heavy atom. The summed E-state index contributed by atoms with van der Waals surface area (Å²) in [4.78, 5) is 12.4. The number of amides is 1. The Hall–Kier alpha value is -2.61. The van der Waals surface area contributed by atoms with E-state index < -0.39 is 10.0 Å². The molecule has 0 aliphatic rings. The molecule has 168 valence electrons. The van der Waals surface area contributed by atoms with Crippen LogP contribution in [0, 0.1) is 5.82 Å². The van der Waals surface area contributed by atoms with E-state index in [1.54, 1.807) is 48.5 Å². The minimum absolute atomic E-state index is 0.0483. The first-order valence-corrected chi connectivity index (χ1v) is 12.3. The molecule has 3 aromatic carbocycles. The van der Waals surface area contributed by atoms with Gasteiger partial charge in [0.15, 0.2) is 0 Å². The summed E-state index contributed by atoms with van der Waals surface area (Å²) in [6.07, 6.45) is 1.68. The zero-order valence-corrected chi connectivity index (χ0v) is 19.5. The van der Waals surface area contributed by atoms with Crippen molar-refractivity contribution in [2.24, 2.45) is 0 Å². The first kappa shape index (κ1) is 24.0. The van der Waals surface area contributed by atoms with Gasteiger partial charge in [-0.15, -0.1) is 0 Å². The van der Waals surface area contributed by atoms with E-state index in [4.69, 9.17) is 23.2 Å². The molecule has 0 radical (unpaired) electrons. The third kappa shape index (κ3) is 6.45. The maximum atomic E-state index is 12.9. The zero-order valence-electron chi connectivity index (χ0n) is 17.2. The van der Waals surface area contributed by atoms with Crippen molar-refractivity contribution in [2.75, 3.05) is 17.1 Å². The number of halogens is 3. The van der Waals surface area contributed by atoms with Crippen molar-refractivity contribution in [3.63, 3.8) is 0 Å². The van der Waals surface area contributed by atoms with E-state index in [2.05, 4.69) is 5.32 Å². The summed E-state index contributed by atoms with van der Waals surface area (Å²) in [5, 5.41) is 3.44. The van der Waals surface area contributed by atoms with Gasteiger partial charge in [0.1, 0.15) is 5.82 Å². The summed E-state index contributed by atoms with van der Waals surface area (Å²) < 4.78 is 38.8. The van der Waals surface area contributed by atoms with Gasteiger partial charge in [-0.25, -0.2) is 12.8 Å². The molecule has 0 spiro atoms. The van der Waals surface area contributed by atoms with E-state index in [9.17, 15) is 17.6 Å². The van der Waals surface area contributed by atoms with Gasteiger partial charge in [0, 0.05) is 17.1 Å². The standard InChI is InChI=1S/C23H21Cl2FN2O3S/c1-32(30,31)28(22-11-8-19(24)14-21(22)25)15-17-2-6-18(7-3-17)23(29)27-13-12-16-4-9-20(26)10-5-16/h2-11,14H,12-13,15H2,1H3,(H,27,29). The molecule has 3 rings (SSSR count). The molecule has 0 aromatic heterocycles. The average Bonchev–Trinajstić information content (AvgIpc) is 2.73. The molecule has 0 saturated heterocycles. The number of hydrogen-bond donors (Lipinski definition) is 1. The predicted octanol–water partition coefficient (Wildman–Crippen LogP) is 5.07. The zero-order chi connectivity index (χ0) is 23.3. The van der Waals surface area contributed by atoms with E-state index in [0.717, 1.165) is 11.8 Å². The van der Waals surface area contributed by atoms with Gasteiger partial charge in [-0.2, -0.15) is 0 Å². The number of anilines is 1. The molecule has 0 heterocycles. The van der Waals surface area contributed by atoms with Crippen molar-refractivity contribution < 1.29 is 17.6 Å². The Morgan fingerprint density at radius 2 is 1.59 bits per heavy atom. The van der Waals surface area contributed by atoms with Gasteiger partial charge in [0.05, 0.1) is 23.5 Å². The molecule has 0 aliphatic heterocycles. The van der Waals surface area contributed by atoms with Crippen LogP contribution >= 0.6 is 23.2 Å². The molecular weight excluding hydrogens is 474 g/mol. The molecule has 9 heteroatoms. The van der Waals surface area contributed by atoms with Crippen LogP contribution in [0.15, 0.2) is 66.7 Å². The second-order valence-electron chi connectivity index (χ2n) is 7.19. The molecule has 32 heavy (non-hydrogen) atoms. The lowest BCUT2D eigenvalue weighted by Gasteiger charge is -2.23. The van der Waals surface area contributed by atoms with E-state index in [-0.39, 0.29) is 23.3 Å². The fraction of sp³-hybridized carbons (Fsp3) is 0.174. The number of benzene rings is 3. The van der Waals surface area contributed by atoms with Crippen LogP contribution in [0.2, 0.25) is 10.0 Å². The maximum Gasteiger partial charge on any atom is 0.251 e. The fourth-order valence-corrected chi connectivity index (χ4v) is 4.53. The number of nitrogens with one attached hydrogen (secondary N) is 1. The molecule has 1 N–H and O–H groups in total. The van der Waals surface area contributed by atoms with Crippen molar-refractivity contribution in [1.29, 1.82) is 0 Å². The number of carbonyl (C=O) groups excluding carboxylic acids is 1. The molecular formula is C23H21Cl2FN2O3S. The Bertz CT molecular complexity index is 1200. The van der Waals surface area contributed by atoms with E-state index in [1.807, 2.05) is 0 Å². The largest absolute Gasteiger partial charge is 0.352 e. The lowest BCUT2D eigenvalue weighted by Crippen LogP contribution is -2.29. The Labute approximate surface area is 196 Å². The Kier molecular flexibility index (Phi) is 7.77. The number of rotatable bonds is 8. The SMILES string of the molecule is CS(=O)(=O)N(Cc1ccc(C(=O)NCCc2ccc(F)cc2)cc1)c1ccc(Cl)cc1Cl. The minimum atomic E-state index is -3.62. The fourth-order valence-electron chi connectivity index (χ4n) is 3.07. The second-order valence-corrected chi connectivity index (χ2v) is 9.95. The quantitative estimate of drug-likeness (QED) is 0.475.